The van der Waals surface area contributed by atoms with Crippen molar-refractivity contribution in [3.8, 4) is 68.7 Å². The van der Waals surface area contributed by atoms with Gasteiger partial charge in [0.1, 0.15) is 34.5 Å². The Labute approximate surface area is 227 Å². The van der Waals surface area contributed by atoms with Crippen molar-refractivity contribution in [1.82, 2.24) is 29.9 Å². The van der Waals surface area contributed by atoms with Crippen molar-refractivity contribution >= 4 is 23.1 Å². The number of aromatic nitrogens is 6. The topological polar surface area (TPSA) is 105 Å². The minimum absolute atomic E-state index is 0.214. The molecule has 0 saturated carbocycles. The molecule has 0 bridgehead atoms. The molecule has 0 saturated heterocycles. The van der Waals surface area contributed by atoms with E-state index in [0.717, 1.165) is 27.9 Å². The van der Waals surface area contributed by atoms with Gasteiger partial charge in [0, 0.05) is 59.1 Å². The van der Waals surface area contributed by atoms with Gasteiger partial charge in [0.2, 0.25) is 0 Å². The highest BCUT2D eigenvalue weighted by Crippen LogP contribution is 2.52. The van der Waals surface area contributed by atoms with Gasteiger partial charge in [0.05, 0.1) is 11.1 Å². The molecule has 0 amide bonds. The third-order valence-corrected chi connectivity index (χ3v) is 7.37. The number of nitrogens with zero attached hydrogens (tertiary/aromatic N) is 6. The van der Waals surface area contributed by atoms with Crippen LogP contribution in [0.3, 0.4) is 0 Å². The third-order valence-electron chi connectivity index (χ3n) is 7.37. The van der Waals surface area contributed by atoms with Gasteiger partial charge in [-0.05, 0) is 42.5 Å². The number of benzene rings is 3. The quantitative estimate of drug-likeness (QED) is 0.322. The van der Waals surface area contributed by atoms with Gasteiger partial charge >= 0.3 is 0 Å². The first-order chi connectivity index (χ1) is 19.9. The van der Waals surface area contributed by atoms with E-state index in [1.807, 2.05) is 36.4 Å². The smallest absolute Gasteiger partial charge is 0.270 e. The zero-order valence-electron chi connectivity index (χ0n) is 20.6. The summed E-state index contributed by atoms with van der Waals surface area (Å²) in [6.07, 6.45) is 10.2. The van der Waals surface area contributed by atoms with Crippen molar-refractivity contribution in [3.05, 3.63) is 91.8 Å². The Kier molecular flexibility index (Phi) is 4.23. The van der Waals surface area contributed by atoms with Crippen molar-refractivity contribution < 1.29 is 14.2 Å². The molecule has 10 heteroatoms. The lowest BCUT2D eigenvalue weighted by Gasteiger charge is -2.39. The Morgan fingerprint density at radius 1 is 0.400 bits per heavy atom. The predicted molar refractivity (Wildman–Crippen MR) is 147 cm³/mol. The monoisotopic (exact) mass is 518 g/mol. The van der Waals surface area contributed by atoms with Gasteiger partial charge in [-0.3, -0.25) is 0 Å². The van der Waals surface area contributed by atoms with E-state index in [4.69, 9.17) is 14.2 Å². The van der Waals surface area contributed by atoms with E-state index < -0.39 is 0 Å². The lowest BCUT2D eigenvalue weighted by atomic mass is 9.33. The molecule has 0 atom stereocenters. The van der Waals surface area contributed by atoms with E-state index >= 15 is 0 Å². The average Bonchev–Trinajstić information content (AvgIpc) is 3.02. The summed E-state index contributed by atoms with van der Waals surface area (Å²) in [4.78, 5) is 27.9. The summed E-state index contributed by atoms with van der Waals surface area (Å²) in [5.41, 5.74) is 4.64. The van der Waals surface area contributed by atoms with E-state index in [1.165, 1.54) is 0 Å². The van der Waals surface area contributed by atoms with E-state index in [9.17, 15) is 0 Å². The molecule has 9 rings (SSSR count). The molecular formula is C30H15BN6O3. The lowest BCUT2D eigenvalue weighted by molar-refractivity contribution is 0.444. The fourth-order valence-electron chi connectivity index (χ4n) is 5.88. The molecule has 186 valence electrons. The summed E-state index contributed by atoms with van der Waals surface area (Å²) in [6, 6.07) is 17.0. The molecule has 0 spiro atoms. The summed E-state index contributed by atoms with van der Waals surface area (Å²) in [6.45, 7) is -0.214. The van der Waals surface area contributed by atoms with Gasteiger partial charge in [-0.2, -0.15) is 0 Å². The summed E-state index contributed by atoms with van der Waals surface area (Å²) < 4.78 is 19.8. The minimum atomic E-state index is -0.214. The van der Waals surface area contributed by atoms with Gasteiger partial charge in [-0.25, -0.2) is 29.9 Å². The number of hydrogen-bond donors (Lipinski definition) is 0. The molecule has 3 aromatic heterocycles. The Bertz CT molecular complexity index is 1870. The molecule has 40 heavy (non-hydrogen) atoms. The fourth-order valence-corrected chi connectivity index (χ4v) is 5.88. The minimum Gasteiger partial charge on any atom is -0.458 e. The highest BCUT2D eigenvalue weighted by atomic mass is 16.5. The molecule has 0 fully saturated rings. The second-order valence-electron chi connectivity index (χ2n) is 9.49. The zero-order valence-corrected chi connectivity index (χ0v) is 20.6. The Morgan fingerprint density at radius 3 is 1.20 bits per heavy atom. The summed E-state index contributed by atoms with van der Waals surface area (Å²) in [5, 5.41) is 0. The molecule has 9 nitrogen and oxygen atoms in total. The molecule has 0 aliphatic carbocycles. The second kappa shape index (κ2) is 7.94. The van der Waals surface area contributed by atoms with Gasteiger partial charge in [-0.1, -0.05) is 12.1 Å². The number of ether oxygens (including phenoxy) is 3. The van der Waals surface area contributed by atoms with Gasteiger partial charge in [-0.15, -0.1) is 0 Å². The van der Waals surface area contributed by atoms with Crippen molar-refractivity contribution in [2.24, 2.45) is 0 Å². The van der Waals surface area contributed by atoms with Crippen LogP contribution >= 0.6 is 0 Å². The van der Waals surface area contributed by atoms with E-state index in [2.05, 4.69) is 29.9 Å². The van der Waals surface area contributed by atoms with E-state index in [1.54, 1.807) is 55.4 Å². The molecule has 0 unspecified atom stereocenters. The average molecular weight is 518 g/mol. The maximum absolute atomic E-state index is 6.75. The zero-order chi connectivity index (χ0) is 26.2. The largest absolute Gasteiger partial charge is 0.458 e. The molecule has 0 N–H and O–H groups in total. The normalized spacial score (nSPS) is 13.1. The standard InChI is InChI=1S/C30H15BN6O3/c1-6-16-23-18(8-1)39-26-21(29-34-12-4-13-35-29)20(28-32-10-3-11-33-28)22(30-36-14-5-15-37-30)27-25(26)31(23)24-17(38-16)7-2-9-19(24)40-27/h1-15H. The Morgan fingerprint density at radius 2 is 0.775 bits per heavy atom. The van der Waals surface area contributed by atoms with Crippen LogP contribution in [0, 0.1) is 0 Å². The second-order valence-corrected chi connectivity index (χ2v) is 9.49. The first-order valence-electron chi connectivity index (χ1n) is 12.7. The lowest BCUT2D eigenvalue weighted by Crippen LogP contribution is -2.60. The van der Waals surface area contributed by atoms with Gasteiger partial charge in [0.15, 0.2) is 17.5 Å². The summed E-state index contributed by atoms with van der Waals surface area (Å²) in [5.74, 6) is 5.43. The van der Waals surface area contributed by atoms with Crippen LogP contribution in [-0.4, -0.2) is 36.6 Å². The molecule has 6 heterocycles. The van der Waals surface area contributed by atoms with Gasteiger partial charge in [0.25, 0.3) is 6.71 Å². The summed E-state index contributed by atoms with van der Waals surface area (Å²) in [7, 11) is 0. The van der Waals surface area contributed by atoms with Crippen molar-refractivity contribution in [2.75, 3.05) is 0 Å². The van der Waals surface area contributed by atoms with Crippen LogP contribution in [0.5, 0.6) is 34.5 Å². The van der Waals surface area contributed by atoms with Crippen LogP contribution in [0.4, 0.5) is 0 Å². The number of rotatable bonds is 3. The molecule has 3 aliphatic rings. The van der Waals surface area contributed by atoms with Crippen LogP contribution in [0.2, 0.25) is 0 Å². The first kappa shape index (κ1) is 21.3. The molecule has 6 aromatic rings. The maximum Gasteiger partial charge on any atom is 0.270 e. The van der Waals surface area contributed by atoms with E-state index in [0.29, 0.717) is 57.2 Å². The van der Waals surface area contributed by atoms with Crippen molar-refractivity contribution in [3.63, 3.8) is 0 Å². The molecule has 0 radical (unpaired) electrons. The predicted octanol–water partition coefficient (Wildman–Crippen LogP) is 3.89. The third kappa shape index (κ3) is 2.81. The van der Waals surface area contributed by atoms with Crippen LogP contribution in [0.15, 0.2) is 91.8 Å². The highest BCUT2D eigenvalue weighted by molar-refractivity contribution is 6.99. The maximum atomic E-state index is 6.75. The van der Waals surface area contributed by atoms with Crippen LogP contribution < -0.4 is 30.6 Å². The molecule has 3 aliphatic heterocycles. The Balaban J connectivity index is 1.51. The fraction of sp³-hybridized carbons (Fsp3) is 0. The van der Waals surface area contributed by atoms with Crippen molar-refractivity contribution in [2.45, 2.75) is 0 Å². The molecule has 3 aromatic carbocycles. The number of hydrogen-bond acceptors (Lipinski definition) is 9. The van der Waals surface area contributed by atoms with Crippen LogP contribution in [0.25, 0.3) is 34.2 Å². The van der Waals surface area contributed by atoms with E-state index in [-0.39, 0.29) is 6.71 Å². The highest BCUT2D eigenvalue weighted by Gasteiger charge is 2.49. The Hall–Kier alpha value is -5.64. The van der Waals surface area contributed by atoms with Gasteiger partial charge < -0.3 is 14.2 Å². The molecular weight excluding hydrogens is 503 g/mol. The van der Waals surface area contributed by atoms with Crippen LogP contribution in [-0.2, 0) is 0 Å². The summed E-state index contributed by atoms with van der Waals surface area (Å²) >= 11 is 0. The first-order valence-corrected chi connectivity index (χ1v) is 12.7. The van der Waals surface area contributed by atoms with Crippen LogP contribution in [0.1, 0.15) is 0 Å². The SMILES string of the molecule is c1cnc(-c2c3c4c(c(-c5ncccn5)c2-c2ncccn2)Oc2cccc5c2B4c2c(cccc2O3)O5)nc1. The van der Waals surface area contributed by atoms with Crippen molar-refractivity contribution in [1.29, 1.82) is 0 Å².